The Kier molecular flexibility index (Phi) is 9.71. The molecule has 0 spiro atoms. The first-order valence-electron chi connectivity index (χ1n) is 14.8. The normalized spacial score (nSPS) is 13.8. The Labute approximate surface area is 278 Å². The van der Waals surface area contributed by atoms with Crippen molar-refractivity contribution >= 4 is 11.4 Å². The fraction of sp³-hybridized carbons (Fsp3) is 0.316. The minimum absolute atomic E-state index is 0. The molecule has 0 radical (unpaired) electrons. The standard InChI is InChI=1S/C38H42N3O2.Pt/c1-36(2,3)27-20-28(37(4,5)6)22-30(21-27)40-25-34(38(7,8)9)41(26-40)29-14-12-15-31(23-29)42-32-16-13-17-33(24-32)43-35-18-10-11-19-39-35;/h10-22,25-26H,1-9H3;/q-3;. The first-order valence-corrected chi connectivity index (χ1v) is 14.8. The van der Waals surface area contributed by atoms with Crippen LogP contribution in [-0.4, -0.2) is 4.98 Å². The van der Waals surface area contributed by atoms with Crippen LogP contribution in [0, 0.1) is 24.2 Å². The molecular weight excluding hydrogens is 726 g/mol. The molecule has 0 saturated heterocycles. The van der Waals surface area contributed by atoms with Gasteiger partial charge in [0.25, 0.3) is 0 Å². The van der Waals surface area contributed by atoms with Crippen LogP contribution in [-0.2, 0) is 31.9 Å². The number of ether oxygens (including phenoxy) is 2. The molecule has 0 amide bonds. The van der Waals surface area contributed by atoms with E-state index < -0.39 is 0 Å². The average molecular weight is 768 g/mol. The first-order chi connectivity index (χ1) is 20.2. The number of allylic oxidation sites excluding steroid dienone is 1. The number of nitrogens with zero attached hydrogens (tertiary/aromatic N) is 3. The van der Waals surface area contributed by atoms with Crippen molar-refractivity contribution in [1.29, 1.82) is 0 Å². The second-order valence-electron chi connectivity index (χ2n) is 14.1. The zero-order valence-corrected chi connectivity index (χ0v) is 29.4. The van der Waals surface area contributed by atoms with Crippen LogP contribution < -0.4 is 19.3 Å². The predicted octanol–water partition coefficient (Wildman–Crippen LogP) is 10.2. The van der Waals surface area contributed by atoms with Crippen LogP contribution >= 0.6 is 0 Å². The molecule has 2 heterocycles. The van der Waals surface area contributed by atoms with Crippen molar-refractivity contribution in [2.75, 3.05) is 9.80 Å². The first kappa shape index (κ1) is 33.3. The summed E-state index contributed by atoms with van der Waals surface area (Å²) in [5.41, 5.74) is 5.79. The quantitative estimate of drug-likeness (QED) is 0.183. The molecule has 4 aromatic rings. The molecular formula is C38H42N3O2Pt-3. The van der Waals surface area contributed by atoms with Crippen molar-refractivity contribution < 1.29 is 30.5 Å². The van der Waals surface area contributed by atoms with Crippen molar-refractivity contribution in [2.24, 2.45) is 5.41 Å². The Balaban J connectivity index is 0.00000442. The van der Waals surface area contributed by atoms with Gasteiger partial charge in [-0.15, -0.1) is 42.7 Å². The fourth-order valence-electron chi connectivity index (χ4n) is 4.75. The van der Waals surface area contributed by atoms with Gasteiger partial charge >= 0.3 is 0 Å². The molecule has 1 aliphatic heterocycles. The van der Waals surface area contributed by atoms with Gasteiger partial charge < -0.3 is 19.3 Å². The summed E-state index contributed by atoms with van der Waals surface area (Å²) >= 11 is 0. The Bertz CT molecular complexity index is 1580. The Hall–Kier alpha value is -3.56. The molecule has 0 atom stereocenters. The van der Waals surface area contributed by atoms with Crippen LogP contribution in [0.5, 0.6) is 23.1 Å². The maximum atomic E-state index is 6.21. The third kappa shape index (κ3) is 7.93. The zero-order valence-electron chi connectivity index (χ0n) is 27.1. The van der Waals surface area contributed by atoms with E-state index in [1.165, 1.54) is 11.1 Å². The largest absolute Gasteiger partial charge is 0.509 e. The van der Waals surface area contributed by atoms with Crippen molar-refractivity contribution in [3.8, 4) is 23.1 Å². The van der Waals surface area contributed by atoms with E-state index in [0.29, 0.717) is 23.1 Å². The Morgan fingerprint density at radius 3 is 1.82 bits per heavy atom. The number of anilines is 2. The van der Waals surface area contributed by atoms with Crippen molar-refractivity contribution in [3.63, 3.8) is 0 Å². The van der Waals surface area contributed by atoms with Crippen LogP contribution in [0.25, 0.3) is 0 Å². The number of pyridine rings is 1. The number of rotatable bonds is 6. The van der Waals surface area contributed by atoms with Crippen molar-refractivity contribution in [3.05, 3.63) is 121 Å². The second-order valence-corrected chi connectivity index (χ2v) is 14.1. The van der Waals surface area contributed by atoms with E-state index in [1.54, 1.807) is 12.3 Å². The van der Waals surface area contributed by atoms with Crippen LogP contribution in [0.2, 0.25) is 0 Å². The van der Waals surface area contributed by atoms with Gasteiger partial charge in [-0.05, 0) is 46.4 Å². The molecule has 1 aliphatic rings. The summed E-state index contributed by atoms with van der Waals surface area (Å²) in [5, 5.41) is 0. The smallest absolute Gasteiger partial charge is 0.216 e. The molecule has 3 aromatic carbocycles. The van der Waals surface area contributed by atoms with Gasteiger partial charge in [0.2, 0.25) is 5.88 Å². The number of benzene rings is 3. The van der Waals surface area contributed by atoms with Gasteiger partial charge in [0, 0.05) is 67.4 Å². The minimum atomic E-state index is -0.116. The van der Waals surface area contributed by atoms with E-state index in [-0.39, 0.29) is 37.3 Å². The fourth-order valence-corrected chi connectivity index (χ4v) is 4.75. The molecule has 0 aliphatic carbocycles. The van der Waals surface area contributed by atoms with E-state index in [9.17, 15) is 0 Å². The third-order valence-electron chi connectivity index (χ3n) is 7.30. The number of hydrogen-bond donors (Lipinski definition) is 0. The average Bonchev–Trinajstić information content (AvgIpc) is 3.40. The molecule has 0 N–H and O–H groups in total. The van der Waals surface area contributed by atoms with Crippen LogP contribution in [0.15, 0.2) is 90.9 Å². The summed E-state index contributed by atoms with van der Waals surface area (Å²) < 4.78 is 12.1. The molecule has 5 rings (SSSR count). The van der Waals surface area contributed by atoms with Gasteiger partial charge in [-0.3, -0.25) is 0 Å². The maximum Gasteiger partial charge on any atom is 0.216 e. The van der Waals surface area contributed by atoms with Gasteiger partial charge in [0.1, 0.15) is 0 Å². The van der Waals surface area contributed by atoms with Crippen LogP contribution in [0.4, 0.5) is 11.4 Å². The molecule has 5 nitrogen and oxygen atoms in total. The van der Waals surface area contributed by atoms with Gasteiger partial charge in [0.05, 0.1) is 0 Å². The van der Waals surface area contributed by atoms with Crippen LogP contribution in [0.1, 0.15) is 73.4 Å². The molecule has 234 valence electrons. The molecule has 0 unspecified atom stereocenters. The molecule has 0 fully saturated rings. The number of hydrogen-bond acceptors (Lipinski definition) is 5. The molecule has 1 aromatic heterocycles. The molecule has 0 bridgehead atoms. The van der Waals surface area contributed by atoms with Gasteiger partial charge in [0.15, 0.2) is 0 Å². The third-order valence-corrected chi connectivity index (χ3v) is 7.30. The maximum absolute atomic E-state index is 6.21. The summed E-state index contributed by atoms with van der Waals surface area (Å²) in [6.45, 7) is 22.5. The number of aromatic nitrogens is 1. The van der Waals surface area contributed by atoms with Crippen molar-refractivity contribution in [2.45, 2.75) is 73.1 Å². The summed E-state index contributed by atoms with van der Waals surface area (Å²) in [5.74, 6) is 2.16. The Morgan fingerprint density at radius 2 is 1.25 bits per heavy atom. The van der Waals surface area contributed by atoms with E-state index in [4.69, 9.17) is 9.47 Å². The molecule has 0 saturated carbocycles. The second kappa shape index (κ2) is 12.8. The van der Waals surface area contributed by atoms with Gasteiger partial charge in [-0.25, -0.2) is 4.98 Å². The molecule has 6 heteroatoms. The van der Waals surface area contributed by atoms with E-state index in [2.05, 4.69) is 126 Å². The summed E-state index contributed by atoms with van der Waals surface area (Å²) in [7, 11) is 0. The summed E-state index contributed by atoms with van der Waals surface area (Å²) in [4.78, 5) is 8.66. The topological polar surface area (TPSA) is 37.8 Å². The SMILES string of the molecule is CC(C)(C)C1=CN(c2cc(C(C)(C)C)cc(C(C)(C)C)c2)[CH-]N1c1[c-]c(Oc2[c-]c(Oc3ccccn3)ccc2)ccc1.[Pt]. The van der Waals surface area contributed by atoms with Crippen LogP contribution in [0.3, 0.4) is 0 Å². The van der Waals surface area contributed by atoms with E-state index >= 15 is 0 Å². The summed E-state index contributed by atoms with van der Waals surface area (Å²) in [6, 6.07) is 30.7. The monoisotopic (exact) mass is 767 g/mol. The van der Waals surface area contributed by atoms with Crippen molar-refractivity contribution in [1.82, 2.24) is 4.98 Å². The van der Waals surface area contributed by atoms with Gasteiger partial charge in [-0.1, -0.05) is 80.5 Å². The minimum Gasteiger partial charge on any atom is -0.509 e. The molecule has 44 heavy (non-hydrogen) atoms. The van der Waals surface area contributed by atoms with E-state index in [1.807, 2.05) is 42.5 Å². The zero-order chi connectivity index (χ0) is 31.0. The Morgan fingerprint density at radius 1 is 0.659 bits per heavy atom. The summed E-state index contributed by atoms with van der Waals surface area (Å²) in [6.07, 6.45) is 3.93. The van der Waals surface area contributed by atoms with E-state index in [0.717, 1.165) is 17.1 Å². The van der Waals surface area contributed by atoms with Gasteiger partial charge in [-0.2, -0.15) is 12.1 Å². The predicted molar refractivity (Wildman–Crippen MR) is 176 cm³/mol.